The zero-order valence-corrected chi connectivity index (χ0v) is 56.4. The summed E-state index contributed by atoms with van der Waals surface area (Å²) in [5.41, 5.74) is -0.997. The molecule has 0 saturated heterocycles. The molecular formula is C72H124O18. The molecule has 0 amide bonds. The summed E-state index contributed by atoms with van der Waals surface area (Å²) in [6.07, 6.45) is 27.1. The Bertz CT molecular complexity index is 1860. The van der Waals surface area contributed by atoms with Crippen LogP contribution < -0.4 is 0 Å². The van der Waals surface area contributed by atoms with Crippen LogP contribution in [0.5, 0.6) is 0 Å². The van der Waals surface area contributed by atoms with E-state index in [0.717, 1.165) is 146 Å². The molecule has 0 radical (unpaired) electrons. The lowest BCUT2D eigenvalue weighted by Gasteiger charge is -2.31. The average molecular weight is 1280 g/mol. The number of ether oxygens (including phenoxy) is 7. The molecule has 8 atom stereocenters. The fourth-order valence-corrected chi connectivity index (χ4v) is 10.7. The van der Waals surface area contributed by atoms with Crippen LogP contribution in [0, 0.1) is 5.41 Å². The van der Waals surface area contributed by atoms with Gasteiger partial charge in [0.05, 0.1) is 29.8 Å². The summed E-state index contributed by atoms with van der Waals surface area (Å²) in [5.74, 6) is -3.80. The van der Waals surface area contributed by atoms with Crippen molar-refractivity contribution in [1.82, 2.24) is 0 Å². The first-order valence-corrected chi connectivity index (χ1v) is 34.9. The lowest BCUT2D eigenvalue weighted by molar-refractivity contribution is -0.163. The van der Waals surface area contributed by atoms with Gasteiger partial charge in [-0.2, -0.15) is 0 Å². The van der Waals surface area contributed by atoms with E-state index in [-0.39, 0.29) is 51.9 Å². The van der Waals surface area contributed by atoms with Gasteiger partial charge in [-0.1, -0.05) is 208 Å². The Morgan fingerprint density at radius 3 is 0.856 bits per heavy atom. The minimum absolute atomic E-state index is 0.123. The van der Waals surface area contributed by atoms with E-state index in [1.807, 2.05) is 13.8 Å². The second-order valence-electron chi connectivity index (χ2n) is 24.6. The number of aliphatic hydroxyl groups is 4. The maximum Gasteiger partial charge on any atom is 0.330 e. The van der Waals surface area contributed by atoms with E-state index in [4.69, 9.17) is 33.2 Å². The summed E-state index contributed by atoms with van der Waals surface area (Å²) in [6, 6.07) is 0. The minimum atomic E-state index is -1.20. The van der Waals surface area contributed by atoms with Gasteiger partial charge in [0.15, 0.2) is 0 Å². The van der Waals surface area contributed by atoms with Crippen molar-refractivity contribution in [2.75, 3.05) is 19.8 Å². The molecule has 0 heterocycles. The predicted molar refractivity (Wildman–Crippen MR) is 352 cm³/mol. The summed E-state index contributed by atoms with van der Waals surface area (Å²) in [7, 11) is 0. The number of hydrogen-bond donors (Lipinski definition) is 4. The molecule has 0 aromatic heterocycles. The van der Waals surface area contributed by atoms with Gasteiger partial charge in [-0.3, -0.25) is 14.4 Å². The van der Waals surface area contributed by atoms with Gasteiger partial charge in [0.2, 0.25) is 0 Å². The van der Waals surface area contributed by atoms with Crippen LogP contribution in [0.2, 0.25) is 0 Å². The molecule has 18 nitrogen and oxygen atoms in total. The summed E-state index contributed by atoms with van der Waals surface area (Å²) < 4.78 is 39.3. The Morgan fingerprint density at radius 2 is 0.556 bits per heavy atom. The molecule has 90 heavy (non-hydrogen) atoms. The van der Waals surface area contributed by atoms with E-state index in [9.17, 15) is 54.0 Å². The highest BCUT2D eigenvalue weighted by Crippen LogP contribution is 2.27. The van der Waals surface area contributed by atoms with Gasteiger partial charge >= 0.3 is 41.8 Å². The summed E-state index contributed by atoms with van der Waals surface area (Å²) in [4.78, 5) is 87.8. The maximum absolute atomic E-state index is 13.2. The van der Waals surface area contributed by atoms with E-state index in [1.54, 1.807) is 0 Å². The molecule has 520 valence electrons. The third kappa shape index (κ3) is 45.4. The standard InChI is InChI=1S/C72H124O18/c1-9-17-20-22-30-39-48-61(87-65(77)12-4)57(73)44-36-27-24-32-41-50-69(81)84-54-72(16-8,55-85-70(82)51-42-33-25-28-37-45-58(74)62(88-66(78)13-5)49-40-31-23-21-18-10-2)56-86-71(83)52-43-34-26-29-38-46-59(75)64(90-68(80)15-7)53-60(76)63(47-35-19-11-3)89-67(79)14-6/h12-15,57-64,73-76H,4-7,9-11,16-56H2,1-3,8H3. The molecule has 18 heteroatoms. The van der Waals surface area contributed by atoms with E-state index < -0.39 is 96.0 Å². The fourth-order valence-electron chi connectivity index (χ4n) is 10.7. The number of aliphatic hydroxyl groups excluding tert-OH is 4. The van der Waals surface area contributed by atoms with Crippen molar-refractivity contribution in [3.05, 3.63) is 50.6 Å². The number of carbonyl (C=O) groups is 7. The number of rotatable bonds is 63. The third-order valence-electron chi connectivity index (χ3n) is 16.7. The van der Waals surface area contributed by atoms with Crippen LogP contribution in [-0.4, -0.2) is 131 Å². The van der Waals surface area contributed by atoms with Crippen LogP contribution in [0.25, 0.3) is 0 Å². The highest BCUT2D eigenvalue weighted by molar-refractivity contribution is 5.82. The zero-order valence-electron chi connectivity index (χ0n) is 56.4. The normalized spacial score (nSPS) is 14.6. The number of carbonyl (C=O) groups excluding carboxylic acids is 7. The van der Waals surface area contributed by atoms with Gasteiger partial charge in [0.25, 0.3) is 0 Å². The van der Waals surface area contributed by atoms with Crippen molar-refractivity contribution in [2.24, 2.45) is 5.41 Å². The van der Waals surface area contributed by atoms with E-state index in [2.05, 4.69) is 40.2 Å². The van der Waals surface area contributed by atoms with Crippen LogP contribution in [0.3, 0.4) is 0 Å². The SMILES string of the molecule is C=CC(=O)OC(CCCCCCCC)C(O)CCCCCCCC(=O)OCC(CC)(COC(=O)CCCCCCCC(O)C(CCCCCCCC)OC(=O)C=C)COC(=O)CCCCCCCC(O)C(CC(O)C(CCCCC)OC(=O)C=C)OC(=O)C=C. The number of unbranched alkanes of at least 4 members (excludes halogenated alkanes) is 24. The van der Waals surface area contributed by atoms with Crippen LogP contribution in [0.4, 0.5) is 0 Å². The summed E-state index contributed by atoms with van der Waals surface area (Å²) in [6.45, 7) is 21.7. The maximum atomic E-state index is 13.2. The van der Waals surface area contributed by atoms with Gasteiger partial charge in [-0.05, 0) is 83.5 Å². The first-order chi connectivity index (χ1) is 43.4. The first-order valence-electron chi connectivity index (χ1n) is 34.9. The van der Waals surface area contributed by atoms with Crippen molar-refractivity contribution in [2.45, 2.75) is 340 Å². The molecule has 0 spiro atoms. The molecule has 4 N–H and O–H groups in total. The van der Waals surface area contributed by atoms with Crippen LogP contribution >= 0.6 is 0 Å². The highest BCUT2D eigenvalue weighted by atomic mass is 16.6. The van der Waals surface area contributed by atoms with E-state index >= 15 is 0 Å². The monoisotopic (exact) mass is 1280 g/mol. The highest BCUT2D eigenvalue weighted by Gasteiger charge is 2.35. The van der Waals surface area contributed by atoms with Crippen molar-refractivity contribution in [3.8, 4) is 0 Å². The first kappa shape index (κ1) is 85.1. The molecule has 0 aliphatic rings. The van der Waals surface area contributed by atoms with Crippen LogP contribution in [0.15, 0.2) is 50.6 Å². The summed E-state index contributed by atoms with van der Waals surface area (Å²) >= 11 is 0. The molecule has 0 bridgehead atoms. The van der Waals surface area contributed by atoms with Crippen molar-refractivity contribution in [1.29, 1.82) is 0 Å². The minimum Gasteiger partial charge on any atom is -0.465 e. The molecule has 0 aromatic carbocycles. The molecule has 8 unspecified atom stereocenters. The van der Waals surface area contributed by atoms with Crippen molar-refractivity contribution < 1.29 is 87.1 Å². The number of hydrogen-bond acceptors (Lipinski definition) is 18. The summed E-state index contributed by atoms with van der Waals surface area (Å²) in [5, 5.41) is 44.0. The largest absolute Gasteiger partial charge is 0.465 e. The van der Waals surface area contributed by atoms with Gasteiger partial charge in [-0.15, -0.1) is 0 Å². The second kappa shape index (κ2) is 56.8. The molecule has 0 fully saturated rings. The topological polar surface area (TPSA) is 265 Å². The quantitative estimate of drug-likeness (QED) is 0.0191. The van der Waals surface area contributed by atoms with Gasteiger partial charge in [0, 0.05) is 50.0 Å². The number of esters is 7. The Kier molecular flexibility index (Phi) is 53.7. The average Bonchev–Trinajstić information content (AvgIpc) is 2.13. The third-order valence-corrected chi connectivity index (χ3v) is 16.7. The van der Waals surface area contributed by atoms with Gasteiger partial charge in [0.1, 0.15) is 44.2 Å². The Hall–Kier alpha value is -4.91. The smallest absolute Gasteiger partial charge is 0.330 e. The van der Waals surface area contributed by atoms with Crippen LogP contribution in [0.1, 0.15) is 291 Å². The molecule has 0 rings (SSSR count). The van der Waals surface area contributed by atoms with Gasteiger partial charge < -0.3 is 53.6 Å². The molecular weight excluding hydrogens is 1150 g/mol. The lowest BCUT2D eigenvalue weighted by atomic mass is 9.88. The van der Waals surface area contributed by atoms with Crippen molar-refractivity contribution >= 4 is 41.8 Å². The molecule has 0 aromatic rings. The fraction of sp³-hybridized carbons (Fsp3) is 0.792. The van der Waals surface area contributed by atoms with E-state index in [0.29, 0.717) is 83.5 Å². The van der Waals surface area contributed by atoms with Crippen molar-refractivity contribution in [3.63, 3.8) is 0 Å². The van der Waals surface area contributed by atoms with Crippen LogP contribution in [-0.2, 0) is 66.7 Å². The second-order valence-corrected chi connectivity index (χ2v) is 24.6. The van der Waals surface area contributed by atoms with Gasteiger partial charge in [-0.25, -0.2) is 19.2 Å². The predicted octanol–water partition coefficient (Wildman–Crippen LogP) is 14.5. The molecule has 0 aliphatic carbocycles. The lowest BCUT2D eigenvalue weighted by Crippen LogP contribution is -2.39. The Labute approximate surface area is 542 Å². The molecule has 0 aliphatic heterocycles. The Morgan fingerprint density at radius 1 is 0.322 bits per heavy atom. The van der Waals surface area contributed by atoms with E-state index in [1.165, 1.54) is 25.7 Å². The Balaban J connectivity index is 5.48. The zero-order chi connectivity index (χ0) is 67.1. The molecule has 0 saturated carbocycles.